The van der Waals surface area contributed by atoms with Crippen molar-refractivity contribution in [3.63, 3.8) is 0 Å². The van der Waals surface area contributed by atoms with Crippen LogP contribution in [0.15, 0.2) is 97.1 Å². The predicted molar refractivity (Wildman–Crippen MR) is 134 cm³/mol. The van der Waals surface area contributed by atoms with Gasteiger partial charge in [-0.05, 0) is 0 Å². The average molecular weight is 532 g/mol. The Morgan fingerprint density at radius 2 is 0.833 bits per heavy atom. The van der Waals surface area contributed by atoms with Crippen molar-refractivity contribution in [1.29, 1.82) is 0 Å². The summed E-state index contributed by atoms with van der Waals surface area (Å²) < 4.78 is 0. The van der Waals surface area contributed by atoms with Crippen LogP contribution >= 0.6 is 17.0 Å². The number of hydrogen-bond donors (Lipinski definition) is 0. The standard InChI is InChI=1S/C12H11Si.2C7H9.2ClH.Zr/c1-3-7-11(8-4-1)13-12-9-5-2-6-10-12;2*1-6-4-3-5-7(6)2;;;/h1-10,13H;2*3-5H,1-2H3;2*1H;/q;2*-1;;;+4/p-2. The quantitative estimate of drug-likeness (QED) is 0.205. The molecular formula is C26H29Cl2SiZr. The van der Waals surface area contributed by atoms with Crippen molar-refractivity contribution in [1.82, 2.24) is 0 Å². The van der Waals surface area contributed by atoms with Gasteiger partial charge in [0.1, 0.15) is 9.52 Å². The molecule has 0 spiro atoms. The minimum Gasteiger partial charge on any atom is -0.0632 e. The Kier molecular flexibility index (Phi) is 14.8. The van der Waals surface area contributed by atoms with Gasteiger partial charge in [0.15, 0.2) is 0 Å². The molecule has 0 amide bonds. The SMILES string of the molecule is Cc1c[cH-]cc1C.Cc1c[cH-]cc1C.[Cl][Zr+2][Cl].c1ccc([SiH]c2ccccc2)cc1. The Labute approximate surface area is 203 Å². The molecule has 0 aliphatic rings. The van der Waals surface area contributed by atoms with Crippen LogP contribution in [-0.4, -0.2) is 9.52 Å². The van der Waals surface area contributed by atoms with E-state index >= 15 is 0 Å². The molecule has 0 unspecified atom stereocenters. The summed E-state index contributed by atoms with van der Waals surface area (Å²) >= 11 is -0.826. The monoisotopic (exact) mass is 529 g/mol. The minimum absolute atomic E-state index is 0.271. The number of benzene rings is 2. The van der Waals surface area contributed by atoms with Crippen LogP contribution in [0.2, 0.25) is 0 Å². The van der Waals surface area contributed by atoms with Gasteiger partial charge in [0.25, 0.3) is 0 Å². The van der Waals surface area contributed by atoms with Crippen LogP contribution in [0.25, 0.3) is 0 Å². The summed E-state index contributed by atoms with van der Waals surface area (Å²) in [5.41, 5.74) is 5.56. The molecule has 4 aromatic rings. The van der Waals surface area contributed by atoms with Crippen LogP contribution in [0.4, 0.5) is 0 Å². The molecule has 30 heavy (non-hydrogen) atoms. The third kappa shape index (κ3) is 11.9. The van der Waals surface area contributed by atoms with Crippen LogP contribution < -0.4 is 10.4 Å². The zero-order valence-corrected chi connectivity index (χ0v) is 23.2. The maximum absolute atomic E-state index is 4.93. The van der Waals surface area contributed by atoms with Gasteiger partial charge in [-0.2, -0.15) is 58.7 Å². The summed E-state index contributed by atoms with van der Waals surface area (Å²) in [6.07, 6.45) is 0. The molecule has 0 bridgehead atoms. The fraction of sp³-hybridized carbons (Fsp3) is 0.154. The van der Waals surface area contributed by atoms with Gasteiger partial charge in [0.05, 0.1) is 0 Å². The van der Waals surface area contributed by atoms with E-state index in [0.717, 1.165) is 0 Å². The van der Waals surface area contributed by atoms with Gasteiger partial charge in [0.2, 0.25) is 0 Å². The maximum Gasteiger partial charge on any atom is 0.103 e. The minimum atomic E-state index is -0.826. The van der Waals surface area contributed by atoms with Crippen molar-refractivity contribution in [3.05, 3.63) is 119 Å². The zero-order valence-electron chi connectivity index (χ0n) is 18.1. The molecule has 4 heteroatoms. The van der Waals surface area contributed by atoms with Crippen molar-refractivity contribution < 1.29 is 20.8 Å². The number of hydrogen-bond acceptors (Lipinski definition) is 0. The molecule has 0 nitrogen and oxygen atoms in total. The summed E-state index contributed by atoms with van der Waals surface area (Å²) in [5, 5.41) is 2.90. The van der Waals surface area contributed by atoms with E-state index in [1.807, 2.05) is 0 Å². The molecule has 0 atom stereocenters. The Bertz CT molecular complexity index is 806. The molecule has 0 N–H and O–H groups in total. The largest absolute Gasteiger partial charge is 0.103 e. The smallest absolute Gasteiger partial charge is 0.0632 e. The second kappa shape index (κ2) is 16.5. The first-order chi connectivity index (χ1) is 14.5. The molecular weight excluding hydrogens is 503 g/mol. The Hall–Kier alpha value is -1.18. The molecule has 155 valence electrons. The molecule has 0 fully saturated rings. The van der Waals surface area contributed by atoms with Crippen molar-refractivity contribution in [2.75, 3.05) is 0 Å². The summed E-state index contributed by atoms with van der Waals surface area (Å²) in [4.78, 5) is 0. The van der Waals surface area contributed by atoms with Gasteiger partial charge in [-0.25, -0.2) is 0 Å². The molecule has 0 heterocycles. The van der Waals surface area contributed by atoms with Gasteiger partial charge in [0, 0.05) is 0 Å². The van der Waals surface area contributed by atoms with Crippen molar-refractivity contribution in [2.24, 2.45) is 0 Å². The Morgan fingerprint density at radius 1 is 0.567 bits per heavy atom. The summed E-state index contributed by atoms with van der Waals surface area (Å²) in [5.74, 6) is 0. The van der Waals surface area contributed by atoms with Crippen LogP contribution in [0.3, 0.4) is 0 Å². The average Bonchev–Trinajstić information content (AvgIpc) is 3.32. The number of rotatable bonds is 2. The number of halogens is 2. The first kappa shape index (κ1) is 26.9. The van der Waals surface area contributed by atoms with Crippen LogP contribution in [0, 0.1) is 27.7 Å². The van der Waals surface area contributed by atoms with Crippen molar-refractivity contribution >= 4 is 36.9 Å². The zero-order chi connectivity index (χ0) is 22.2. The predicted octanol–water partition coefficient (Wildman–Crippen LogP) is 6.50. The summed E-state index contributed by atoms with van der Waals surface area (Å²) in [6, 6.07) is 34.0. The summed E-state index contributed by atoms with van der Waals surface area (Å²) in [6.45, 7) is 8.48. The van der Waals surface area contributed by atoms with E-state index in [1.54, 1.807) is 0 Å². The van der Waals surface area contributed by atoms with E-state index in [4.69, 9.17) is 17.0 Å². The molecule has 4 rings (SSSR count). The molecule has 0 saturated heterocycles. The fourth-order valence-electron chi connectivity index (χ4n) is 2.49. The number of aryl methyl sites for hydroxylation is 4. The third-order valence-electron chi connectivity index (χ3n) is 4.56. The topological polar surface area (TPSA) is 0 Å². The molecule has 0 saturated carbocycles. The van der Waals surface area contributed by atoms with E-state index in [-0.39, 0.29) is 9.52 Å². The van der Waals surface area contributed by atoms with Gasteiger partial charge in [-0.1, -0.05) is 98.7 Å². The summed E-state index contributed by atoms with van der Waals surface area (Å²) in [7, 11) is 10.1. The molecule has 0 aliphatic carbocycles. The molecule has 1 radical (unpaired) electrons. The van der Waals surface area contributed by atoms with E-state index in [2.05, 4.69) is 125 Å². The van der Waals surface area contributed by atoms with Gasteiger partial charge in [-0.15, -0.1) is 0 Å². The fourth-order valence-corrected chi connectivity index (χ4v) is 3.70. The van der Waals surface area contributed by atoms with Gasteiger partial charge < -0.3 is 0 Å². The Morgan fingerprint density at radius 3 is 1.03 bits per heavy atom. The second-order valence-corrected chi connectivity index (χ2v) is 12.2. The maximum atomic E-state index is 4.93. The van der Waals surface area contributed by atoms with E-state index in [0.29, 0.717) is 0 Å². The normalized spacial score (nSPS) is 9.00. The third-order valence-corrected chi connectivity index (χ3v) is 6.00. The first-order valence-corrected chi connectivity index (χ1v) is 17.2. The molecule has 0 aromatic heterocycles. The van der Waals surface area contributed by atoms with E-state index < -0.39 is 20.8 Å². The molecule has 4 aromatic carbocycles. The van der Waals surface area contributed by atoms with Crippen molar-refractivity contribution in [3.8, 4) is 0 Å². The first-order valence-electron chi connectivity index (χ1n) is 9.76. The van der Waals surface area contributed by atoms with Crippen molar-refractivity contribution in [2.45, 2.75) is 27.7 Å². The van der Waals surface area contributed by atoms with Gasteiger partial charge in [-0.3, -0.25) is 0 Å². The second-order valence-electron chi connectivity index (χ2n) is 6.82. The van der Waals surface area contributed by atoms with Gasteiger partial charge >= 0.3 is 37.9 Å². The van der Waals surface area contributed by atoms with E-state index in [9.17, 15) is 0 Å². The van der Waals surface area contributed by atoms with Crippen LogP contribution in [-0.2, 0) is 20.8 Å². The van der Waals surface area contributed by atoms with E-state index in [1.165, 1.54) is 32.6 Å². The van der Waals surface area contributed by atoms with Crippen LogP contribution in [0.1, 0.15) is 22.3 Å². The van der Waals surface area contributed by atoms with Crippen LogP contribution in [0.5, 0.6) is 0 Å². The Balaban J connectivity index is 0.000000226. The molecule has 0 aliphatic heterocycles.